The number of carbonyl (C=O) groups excluding carboxylic acids is 1. The molecule has 3 fully saturated rings. The highest BCUT2D eigenvalue weighted by Gasteiger charge is 2.17. The third kappa shape index (κ3) is 14.0. The molecule has 0 saturated carbocycles. The molecule has 0 radical (unpaired) electrons. The number of hydrogen-bond donors (Lipinski definition) is 3. The minimum atomic E-state index is -0.713. The standard InChI is InChI=1S/C16H28FN7O.C6H13N.C4H4FN3O.CH2O.CH4/c1-20-3-7-22(8-4-20)12-18-15-14(17)11-24(16(25)19-15)13-23-9-5-21(2)6-10-23;1-7-5-3-2-4-6-7;5-2-1-7-4(9)8-3(2)6;1-2;/h11H,3-10,12-13H2,1-2H3,(H,18,19,25);2-6H2,1H3;1H,(H3,6,7,8,9);1H2;1H4. The summed E-state index contributed by atoms with van der Waals surface area (Å²) in [5.41, 5.74) is 3.89. The number of nitrogens with two attached hydrogens (primary N) is 1. The Hall–Kier alpha value is -3.31. The number of anilines is 2. The summed E-state index contributed by atoms with van der Waals surface area (Å²) in [5, 5.41) is 2.96. The molecule has 5 heterocycles. The maximum Gasteiger partial charge on any atom is 0.350 e. The molecule has 0 aliphatic carbocycles. The van der Waals surface area contributed by atoms with Crippen LogP contribution in [0.15, 0.2) is 22.0 Å². The first kappa shape index (κ1) is 38.7. The van der Waals surface area contributed by atoms with Gasteiger partial charge in [-0.2, -0.15) is 9.97 Å². The highest BCUT2D eigenvalue weighted by atomic mass is 19.1. The number of nitrogens with one attached hydrogen (secondary N) is 2. The summed E-state index contributed by atoms with van der Waals surface area (Å²) < 4.78 is 27.8. The SMILES string of the molecule is C.C=O.CN1CCCCC1.CN1CCN(CNc2nc(=O)n(CN3CCN(C)CC3)cc2F)CC1.Nc1[nH]c(=O)ncc1F. The third-order valence-corrected chi connectivity index (χ3v) is 7.34. The molecule has 3 saturated heterocycles. The van der Waals surface area contributed by atoms with Crippen molar-refractivity contribution in [1.82, 2.24) is 44.0 Å². The Morgan fingerprint density at radius 1 is 0.841 bits per heavy atom. The van der Waals surface area contributed by atoms with Crippen LogP contribution in [0, 0.1) is 11.6 Å². The van der Waals surface area contributed by atoms with Gasteiger partial charge in [0.1, 0.15) is 12.6 Å². The van der Waals surface area contributed by atoms with Gasteiger partial charge in [0.15, 0.2) is 17.5 Å². The van der Waals surface area contributed by atoms with Gasteiger partial charge in [0, 0.05) is 58.6 Å². The predicted molar refractivity (Wildman–Crippen MR) is 170 cm³/mol. The lowest BCUT2D eigenvalue weighted by Gasteiger charge is -2.32. The number of aromatic nitrogens is 4. The fourth-order valence-corrected chi connectivity index (χ4v) is 4.53. The summed E-state index contributed by atoms with van der Waals surface area (Å²) in [7, 11) is 6.36. The third-order valence-electron chi connectivity index (χ3n) is 7.34. The Balaban J connectivity index is 0.000000416. The van der Waals surface area contributed by atoms with Crippen molar-refractivity contribution in [2.24, 2.45) is 0 Å². The minimum absolute atomic E-state index is 0. The number of nitrogen functional groups attached to an aromatic ring is 1. The maximum atomic E-state index is 14.3. The van der Waals surface area contributed by atoms with Gasteiger partial charge in [0.05, 0.1) is 19.5 Å². The highest BCUT2D eigenvalue weighted by molar-refractivity contribution is 5.33. The quantitative estimate of drug-likeness (QED) is 0.417. The number of hydrogen-bond acceptors (Lipinski definition) is 12. The molecule has 0 bridgehead atoms. The monoisotopic (exact) mass is 627 g/mol. The van der Waals surface area contributed by atoms with E-state index in [1.54, 1.807) is 0 Å². The highest BCUT2D eigenvalue weighted by Crippen LogP contribution is 2.09. The van der Waals surface area contributed by atoms with Crippen molar-refractivity contribution in [2.75, 3.05) is 104 Å². The molecule has 2 aromatic rings. The summed E-state index contributed by atoms with van der Waals surface area (Å²) in [6.45, 7) is 13.0. The lowest BCUT2D eigenvalue weighted by atomic mass is 10.1. The van der Waals surface area contributed by atoms with Crippen molar-refractivity contribution >= 4 is 18.4 Å². The zero-order valence-electron chi connectivity index (χ0n) is 25.6. The van der Waals surface area contributed by atoms with Crippen LogP contribution < -0.4 is 22.4 Å². The molecule has 250 valence electrons. The Labute approximate surface area is 258 Å². The molecule has 0 spiro atoms. The Morgan fingerprint density at radius 3 is 1.84 bits per heavy atom. The summed E-state index contributed by atoms with van der Waals surface area (Å²) in [4.78, 5) is 50.6. The van der Waals surface area contributed by atoms with Gasteiger partial charge in [0.25, 0.3) is 0 Å². The lowest BCUT2D eigenvalue weighted by molar-refractivity contribution is -0.0980. The van der Waals surface area contributed by atoms with Crippen LogP contribution in [-0.2, 0) is 11.5 Å². The van der Waals surface area contributed by atoms with Gasteiger partial charge in [-0.15, -0.1) is 0 Å². The van der Waals surface area contributed by atoms with E-state index in [1.165, 1.54) is 43.1 Å². The van der Waals surface area contributed by atoms with E-state index in [2.05, 4.69) is 60.9 Å². The van der Waals surface area contributed by atoms with Crippen LogP contribution in [0.5, 0.6) is 0 Å². The van der Waals surface area contributed by atoms with Gasteiger partial charge >= 0.3 is 11.4 Å². The summed E-state index contributed by atoms with van der Waals surface area (Å²) in [6.07, 6.45) is 6.31. The van der Waals surface area contributed by atoms with E-state index in [-0.39, 0.29) is 19.1 Å². The number of likely N-dealkylation sites (tertiary alicyclic amines) is 1. The van der Waals surface area contributed by atoms with Gasteiger partial charge in [-0.3, -0.25) is 19.4 Å². The number of likely N-dealkylation sites (N-methyl/N-ethyl adjacent to an activating group) is 2. The fourth-order valence-electron chi connectivity index (χ4n) is 4.53. The Morgan fingerprint density at radius 2 is 1.36 bits per heavy atom. The second kappa shape index (κ2) is 20.6. The molecule has 2 aromatic heterocycles. The minimum Gasteiger partial charge on any atom is -0.383 e. The molecule has 14 nitrogen and oxygen atoms in total. The first-order chi connectivity index (χ1) is 20.6. The van der Waals surface area contributed by atoms with Crippen LogP contribution in [0.25, 0.3) is 0 Å². The van der Waals surface area contributed by atoms with E-state index in [0.717, 1.165) is 58.6 Å². The van der Waals surface area contributed by atoms with Crippen molar-refractivity contribution < 1.29 is 13.6 Å². The molecule has 0 atom stereocenters. The zero-order valence-corrected chi connectivity index (χ0v) is 25.6. The van der Waals surface area contributed by atoms with Crippen molar-refractivity contribution in [3.05, 3.63) is 45.0 Å². The fraction of sp³-hybridized carbons (Fsp3) is 0.679. The molecule has 16 heteroatoms. The Bertz CT molecular complexity index is 1190. The van der Waals surface area contributed by atoms with Gasteiger partial charge in [-0.05, 0) is 47.1 Å². The first-order valence-corrected chi connectivity index (χ1v) is 14.4. The molecule has 44 heavy (non-hydrogen) atoms. The van der Waals surface area contributed by atoms with Gasteiger partial charge in [-0.1, -0.05) is 13.8 Å². The molecule has 0 amide bonds. The molecular formula is C28H51F2N11O3. The number of H-pyrrole nitrogens is 1. The van der Waals surface area contributed by atoms with Crippen molar-refractivity contribution in [2.45, 2.75) is 33.4 Å². The first-order valence-electron chi connectivity index (χ1n) is 14.4. The van der Waals surface area contributed by atoms with Crippen LogP contribution in [0.3, 0.4) is 0 Å². The molecule has 4 N–H and O–H groups in total. The van der Waals surface area contributed by atoms with Gasteiger partial charge < -0.3 is 30.5 Å². The van der Waals surface area contributed by atoms with E-state index < -0.39 is 23.0 Å². The van der Waals surface area contributed by atoms with E-state index in [4.69, 9.17) is 10.5 Å². The number of nitrogens with zero attached hydrogens (tertiary/aromatic N) is 8. The van der Waals surface area contributed by atoms with Crippen molar-refractivity contribution in [3.63, 3.8) is 0 Å². The smallest absolute Gasteiger partial charge is 0.350 e. The molecule has 0 aromatic carbocycles. The van der Waals surface area contributed by atoms with E-state index in [0.29, 0.717) is 13.3 Å². The second-order valence-electron chi connectivity index (χ2n) is 10.8. The zero-order chi connectivity index (χ0) is 31.8. The molecule has 3 aliphatic heterocycles. The lowest BCUT2D eigenvalue weighted by Crippen LogP contribution is -2.47. The van der Waals surface area contributed by atoms with E-state index in [1.807, 2.05) is 11.8 Å². The van der Waals surface area contributed by atoms with E-state index >= 15 is 0 Å². The number of carbonyl (C=O) groups is 1. The topological polar surface area (TPSA) is 152 Å². The molecule has 0 unspecified atom stereocenters. The van der Waals surface area contributed by atoms with Crippen LogP contribution in [0.4, 0.5) is 20.4 Å². The van der Waals surface area contributed by atoms with Gasteiger partial charge in [-0.25, -0.2) is 18.4 Å². The summed E-state index contributed by atoms with van der Waals surface area (Å²) >= 11 is 0. The van der Waals surface area contributed by atoms with Crippen molar-refractivity contribution in [1.29, 1.82) is 0 Å². The number of halogens is 2. The summed E-state index contributed by atoms with van der Waals surface area (Å²) in [5.74, 6) is -1.44. The average molecular weight is 628 g/mol. The van der Waals surface area contributed by atoms with Crippen LogP contribution >= 0.6 is 0 Å². The van der Waals surface area contributed by atoms with Crippen LogP contribution in [0.2, 0.25) is 0 Å². The predicted octanol–water partition coefficient (Wildman–Crippen LogP) is 0.249. The van der Waals surface area contributed by atoms with Crippen LogP contribution in [0.1, 0.15) is 26.7 Å². The number of rotatable bonds is 5. The maximum absolute atomic E-state index is 14.3. The summed E-state index contributed by atoms with van der Waals surface area (Å²) in [6, 6.07) is 0. The normalized spacial score (nSPS) is 18.3. The number of piperidine rings is 1. The van der Waals surface area contributed by atoms with E-state index in [9.17, 15) is 18.4 Å². The molecule has 5 rings (SSSR count). The second-order valence-corrected chi connectivity index (χ2v) is 10.8. The largest absolute Gasteiger partial charge is 0.383 e. The molecule has 3 aliphatic rings. The average Bonchev–Trinajstić information content (AvgIpc) is 3.00. The number of piperazine rings is 2. The Kier molecular flexibility index (Phi) is 18.1. The number of aromatic amines is 1. The molecular weight excluding hydrogens is 576 g/mol. The van der Waals surface area contributed by atoms with Crippen molar-refractivity contribution in [3.8, 4) is 0 Å². The van der Waals surface area contributed by atoms with Crippen LogP contribution in [-0.4, -0.2) is 144 Å². The van der Waals surface area contributed by atoms with Gasteiger partial charge in [0.2, 0.25) is 0 Å².